The smallest absolute Gasteiger partial charge is 0.288 e. The number of carbonyl (C=O) groups excluding carboxylic acids is 2. The summed E-state index contributed by atoms with van der Waals surface area (Å²) in [6, 6.07) is 18.5. The second kappa shape index (κ2) is 10.6. The van der Waals surface area contributed by atoms with Crippen LogP contribution in [0.15, 0.2) is 66.7 Å². The van der Waals surface area contributed by atoms with Crippen LogP contribution in [0.3, 0.4) is 0 Å². The first-order valence-corrected chi connectivity index (χ1v) is 11.7. The molecule has 0 spiro atoms. The molecule has 0 bridgehead atoms. The van der Waals surface area contributed by atoms with E-state index in [1.54, 1.807) is 12.1 Å². The lowest BCUT2D eigenvalue weighted by molar-refractivity contribution is -0.384. The third kappa shape index (κ3) is 5.60. The molecule has 4 rings (SSSR count). The van der Waals surface area contributed by atoms with E-state index in [9.17, 15) is 19.7 Å². The van der Waals surface area contributed by atoms with Crippen LogP contribution in [-0.4, -0.2) is 29.8 Å². The molecule has 1 unspecified atom stereocenters. The second-order valence-electron chi connectivity index (χ2n) is 8.41. The minimum atomic E-state index is -0.639. The van der Waals surface area contributed by atoms with Gasteiger partial charge in [0, 0.05) is 36.1 Å². The fourth-order valence-electron chi connectivity index (χ4n) is 4.13. The van der Waals surface area contributed by atoms with Crippen molar-refractivity contribution in [2.75, 3.05) is 23.3 Å². The normalized spacial score (nSPS) is 13.8. The van der Waals surface area contributed by atoms with Crippen LogP contribution >= 0.6 is 11.6 Å². The monoisotopic (exact) mass is 492 g/mol. The number of hydrogen-bond acceptors (Lipinski definition) is 5. The van der Waals surface area contributed by atoms with Gasteiger partial charge in [0.1, 0.15) is 5.02 Å². The molecule has 0 radical (unpaired) electrons. The van der Waals surface area contributed by atoms with Crippen molar-refractivity contribution in [3.63, 3.8) is 0 Å². The van der Waals surface area contributed by atoms with Crippen molar-refractivity contribution < 1.29 is 14.5 Å². The molecule has 9 heteroatoms. The fourth-order valence-corrected chi connectivity index (χ4v) is 4.31. The van der Waals surface area contributed by atoms with Crippen LogP contribution in [0.5, 0.6) is 0 Å². The maximum atomic E-state index is 13.3. The molecule has 8 nitrogen and oxygen atoms in total. The Labute approximate surface area is 208 Å². The van der Waals surface area contributed by atoms with Crippen LogP contribution in [0.1, 0.15) is 52.1 Å². The lowest BCUT2D eigenvalue weighted by atomic mass is 10.1. The highest BCUT2D eigenvalue weighted by molar-refractivity contribution is 6.32. The number of nitro benzene ring substituents is 1. The van der Waals surface area contributed by atoms with Crippen molar-refractivity contribution in [3.05, 3.63) is 98.6 Å². The van der Waals surface area contributed by atoms with E-state index >= 15 is 0 Å². The zero-order chi connectivity index (χ0) is 24.9. The lowest BCUT2D eigenvalue weighted by Crippen LogP contribution is -2.29. The molecule has 35 heavy (non-hydrogen) atoms. The van der Waals surface area contributed by atoms with Crippen molar-refractivity contribution in [2.45, 2.75) is 25.8 Å². The van der Waals surface area contributed by atoms with Crippen molar-refractivity contribution in [2.24, 2.45) is 0 Å². The molecular formula is C26H25ClN4O4. The van der Waals surface area contributed by atoms with Gasteiger partial charge in [-0.3, -0.25) is 19.7 Å². The average Bonchev–Trinajstić information content (AvgIpc) is 3.39. The fraction of sp³-hybridized carbons (Fsp3) is 0.231. The van der Waals surface area contributed by atoms with E-state index < -0.39 is 10.8 Å². The largest absolute Gasteiger partial charge is 0.371 e. The Bertz CT molecular complexity index is 1260. The standard InChI is InChI=1S/C26H25ClN4O4/c1-17(18-7-3-2-4-8-18)28-26(33)21-16-20(10-12-23(21)30-13-5-6-14-30)29-25(32)19-9-11-22(27)24(15-19)31(34)35/h2-4,7-12,15-17H,5-6,13-14H2,1H3,(H,28,33)(H,29,32). The van der Waals surface area contributed by atoms with Crippen LogP contribution in [0.25, 0.3) is 0 Å². The third-order valence-corrected chi connectivity index (χ3v) is 6.32. The van der Waals surface area contributed by atoms with Gasteiger partial charge in [-0.15, -0.1) is 0 Å². The molecule has 3 aromatic carbocycles. The summed E-state index contributed by atoms with van der Waals surface area (Å²) in [7, 11) is 0. The van der Waals surface area contributed by atoms with E-state index in [2.05, 4.69) is 15.5 Å². The van der Waals surface area contributed by atoms with E-state index in [-0.39, 0.29) is 28.2 Å². The number of nitro groups is 1. The van der Waals surface area contributed by atoms with E-state index in [0.29, 0.717) is 11.3 Å². The molecule has 1 aliphatic heterocycles. The van der Waals surface area contributed by atoms with E-state index in [1.807, 2.05) is 43.3 Å². The zero-order valence-corrected chi connectivity index (χ0v) is 19.9. The minimum absolute atomic E-state index is 0.0481. The van der Waals surface area contributed by atoms with Crippen molar-refractivity contribution in [3.8, 4) is 0 Å². The number of nitrogens with one attached hydrogen (secondary N) is 2. The molecule has 1 atom stereocenters. The van der Waals surface area contributed by atoms with Gasteiger partial charge in [0.15, 0.2) is 0 Å². The first-order valence-electron chi connectivity index (χ1n) is 11.3. The average molecular weight is 493 g/mol. The molecule has 1 saturated heterocycles. The Kier molecular flexibility index (Phi) is 7.31. The summed E-state index contributed by atoms with van der Waals surface area (Å²) in [4.78, 5) is 38.8. The molecule has 0 saturated carbocycles. The predicted octanol–water partition coefficient (Wildman–Crippen LogP) is 5.59. The Morgan fingerprint density at radius 1 is 1.00 bits per heavy atom. The molecule has 1 heterocycles. The van der Waals surface area contributed by atoms with E-state index in [0.717, 1.165) is 43.2 Å². The zero-order valence-electron chi connectivity index (χ0n) is 19.2. The molecule has 0 aromatic heterocycles. The molecular weight excluding hydrogens is 468 g/mol. The van der Waals surface area contributed by atoms with Crippen LogP contribution < -0.4 is 15.5 Å². The third-order valence-electron chi connectivity index (χ3n) is 6.00. The van der Waals surface area contributed by atoms with Crippen LogP contribution in [0, 0.1) is 10.1 Å². The Balaban J connectivity index is 1.60. The maximum Gasteiger partial charge on any atom is 0.288 e. The number of nitrogens with zero attached hydrogens (tertiary/aromatic N) is 2. The summed E-state index contributed by atoms with van der Waals surface area (Å²) in [5.41, 5.74) is 2.40. The summed E-state index contributed by atoms with van der Waals surface area (Å²) < 4.78 is 0. The Morgan fingerprint density at radius 2 is 1.71 bits per heavy atom. The minimum Gasteiger partial charge on any atom is -0.371 e. The second-order valence-corrected chi connectivity index (χ2v) is 8.82. The highest BCUT2D eigenvalue weighted by Crippen LogP contribution is 2.29. The number of rotatable bonds is 7. The Morgan fingerprint density at radius 3 is 2.40 bits per heavy atom. The number of halogens is 1. The van der Waals surface area contributed by atoms with Crippen LogP contribution in [-0.2, 0) is 0 Å². The number of benzene rings is 3. The molecule has 0 aliphatic carbocycles. The van der Waals surface area contributed by atoms with E-state index in [1.165, 1.54) is 12.1 Å². The highest BCUT2D eigenvalue weighted by atomic mass is 35.5. The molecule has 3 aromatic rings. The molecule has 180 valence electrons. The van der Waals surface area contributed by atoms with Gasteiger partial charge in [-0.05, 0) is 55.7 Å². The number of anilines is 2. The summed E-state index contributed by atoms with van der Waals surface area (Å²) in [6.45, 7) is 3.63. The summed E-state index contributed by atoms with van der Waals surface area (Å²) in [6.07, 6.45) is 2.10. The van der Waals surface area contributed by atoms with Crippen molar-refractivity contribution >= 4 is 40.5 Å². The predicted molar refractivity (Wildman–Crippen MR) is 136 cm³/mol. The number of amides is 2. The van der Waals surface area contributed by atoms with Crippen LogP contribution in [0.2, 0.25) is 5.02 Å². The molecule has 1 fully saturated rings. The number of hydrogen-bond donors (Lipinski definition) is 2. The Hall–Kier alpha value is -3.91. The first kappa shape index (κ1) is 24.2. The molecule has 2 N–H and O–H groups in total. The van der Waals surface area contributed by atoms with Gasteiger partial charge in [0.2, 0.25) is 0 Å². The maximum absolute atomic E-state index is 13.3. The molecule has 2 amide bonds. The van der Waals surface area contributed by atoms with Gasteiger partial charge < -0.3 is 15.5 Å². The van der Waals surface area contributed by atoms with Crippen LogP contribution in [0.4, 0.5) is 17.1 Å². The van der Waals surface area contributed by atoms with Gasteiger partial charge in [0.05, 0.1) is 16.5 Å². The molecule has 1 aliphatic rings. The van der Waals surface area contributed by atoms with Gasteiger partial charge >= 0.3 is 0 Å². The summed E-state index contributed by atoms with van der Waals surface area (Å²) in [5.74, 6) is -0.788. The van der Waals surface area contributed by atoms with Crippen molar-refractivity contribution in [1.29, 1.82) is 0 Å². The topological polar surface area (TPSA) is 105 Å². The number of carbonyl (C=O) groups is 2. The first-order chi connectivity index (χ1) is 16.8. The van der Waals surface area contributed by atoms with Gasteiger partial charge in [0.25, 0.3) is 17.5 Å². The summed E-state index contributed by atoms with van der Waals surface area (Å²) >= 11 is 5.85. The quantitative estimate of drug-likeness (QED) is 0.330. The van der Waals surface area contributed by atoms with Gasteiger partial charge in [-0.1, -0.05) is 41.9 Å². The van der Waals surface area contributed by atoms with Gasteiger partial charge in [-0.25, -0.2) is 0 Å². The highest BCUT2D eigenvalue weighted by Gasteiger charge is 2.22. The summed E-state index contributed by atoms with van der Waals surface area (Å²) in [5, 5.41) is 16.9. The van der Waals surface area contributed by atoms with E-state index in [4.69, 9.17) is 11.6 Å². The lowest BCUT2D eigenvalue weighted by Gasteiger charge is -2.23. The SMILES string of the molecule is CC(NC(=O)c1cc(NC(=O)c2ccc(Cl)c([N+](=O)[O-])c2)ccc1N1CCCC1)c1ccccc1. The van der Waals surface area contributed by atoms with Gasteiger partial charge in [-0.2, -0.15) is 0 Å². The van der Waals surface area contributed by atoms with Crippen molar-refractivity contribution in [1.82, 2.24) is 5.32 Å².